The minimum atomic E-state index is 0.233. The van der Waals surface area contributed by atoms with Crippen LogP contribution in [0.25, 0.3) is 0 Å². The molecule has 1 nitrogen and oxygen atoms in total. The Morgan fingerprint density at radius 3 is 2.30 bits per heavy atom. The highest BCUT2D eigenvalue weighted by Crippen LogP contribution is 2.30. The molecule has 0 radical (unpaired) electrons. The summed E-state index contributed by atoms with van der Waals surface area (Å²) in [5, 5.41) is 0.771. The lowest BCUT2D eigenvalue weighted by molar-refractivity contribution is 0.250. The molecule has 20 heavy (non-hydrogen) atoms. The van der Waals surface area contributed by atoms with Crippen molar-refractivity contribution in [3.05, 3.63) is 71.3 Å². The molecule has 2 heteroatoms. The van der Waals surface area contributed by atoms with Gasteiger partial charge < -0.3 is 0 Å². The average Bonchev–Trinajstić information content (AvgIpc) is 2.46. The summed E-state index contributed by atoms with van der Waals surface area (Å²) in [6.45, 7) is 12.2. The van der Waals surface area contributed by atoms with Crippen molar-refractivity contribution in [1.29, 1.82) is 0 Å². The van der Waals surface area contributed by atoms with E-state index in [-0.39, 0.29) is 6.04 Å². The quantitative estimate of drug-likeness (QED) is 0.607. The second kappa shape index (κ2) is 8.78. The lowest BCUT2D eigenvalue weighted by atomic mass is 9.96. The third-order valence-electron chi connectivity index (χ3n) is 3.35. The molecule has 0 heterocycles. The van der Waals surface area contributed by atoms with Gasteiger partial charge in [0.1, 0.15) is 0 Å². The number of allylic oxidation sites excluding steroid dienone is 3. The number of benzene rings is 1. The number of halogens is 1. The van der Waals surface area contributed by atoms with Crippen LogP contribution in [0.15, 0.2) is 60.7 Å². The molecule has 108 valence electrons. The lowest BCUT2D eigenvalue weighted by Gasteiger charge is -2.31. The molecular weight excluding hydrogens is 266 g/mol. The van der Waals surface area contributed by atoms with Crippen LogP contribution in [0.4, 0.5) is 0 Å². The molecule has 0 spiro atoms. The van der Waals surface area contributed by atoms with Gasteiger partial charge in [0.15, 0.2) is 0 Å². The van der Waals surface area contributed by atoms with Crippen LogP contribution in [0.2, 0.25) is 5.02 Å². The molecule has 1 aromatic rings. The monoisotopic (exact) mass is 289 g/mol. The van der Waals surface area contributed by atoms with Gasteiger partial charge in [-0.25, -0.2) is 0 Å². The summed E-state index contributed by atoms with van der Waals surface area (Å²) >= 11 is 6.01. The Morgan fingerprint density at radius 1 is 1.25 bits per heavy atom. The van der Waals surface area contributed by atoms with Crippen LogP contribution in [0.1, 0.15) is 32.4 Å². The summed E-state index contributed by atoms with van der Waals surface area (Å²) in [6, 6.07) is 8.34. The van der Waals surface area contributed by atoms with Gasteiger partial charge in [0.2, 0.25) is 0 Å². The molecule has 0 saturated heterocycles. The van der Waals surface area contributed by atoms with Crippen LogP contribution in [-0.4, -0.2) is 18.0 Å². The van der Waals surface area contributed by atoms with E-state index in [2.05, 4.69) is 55.7 Å². The minimum Gasteiger partial charge on any atom is -0.293 e. The van der Waals surface area contributed by atoms with E-state index in [0.717, 1.165) is 18.1 Å². The molecule has 0 aliphatic rings. The maximum Gasteiger partial charge on any atom is 0.0601 e. The van der Waals surface area contributed by atoms with Gasteiger partial charge in [0.25, 0.3) is 0 Å². The van der Waals surface area contributed by atoms with Gasteiger partial charge in [-0.15, -0.1) is 0 Å². The zero-order valence-electron chi connectivity index (χ0n) is 12.6. The summed E-state index contributed by atoms with van der Waals surface area (Å²) in [4.78, 5) is 2.43. The van der Waals surface area contributed by atoms with E-state index in [4.69, 9.17) is 11.6 Å². The number of hydrogen-bond donors (Lipinski definition) is 0. The Morgan fingerprint density at radius 2 is 1.85 bits per heavy atom. The molecule has 1 aromatic carbocycles. The largest absolute Gasteiger partial charge is 0.293 e. The normalized spacial score (nSPS) is 13.9. The van der Waals surface area contributed by atoms with Crippen LogP contribution in [0, 0.1) is 0 Å². The summed E-state index contributed by atoms with van der Waals surface area (Å²) in [5.41, 5.74) is 2.50. The molecule has 0 saturated carbocycles. The van der Waals surface area contributed by atoms with Crippen molar-refractivity contribution < 1.29 is 0 Å². The Bertz CT molecular complexity index is 467. The van der Waals surface area contributed by atoms with Gasteiger partial charge >= 0.3 is 0 Å². The fourth-order valence-corrected chi connectivity index (χ4v) is 2.54. The molecule has 0 aromatic heterocycles. The van der Waals surface area contributed by atoms with Crippen molar-refractivity contribution >= 4 is 11.6 Å². The highest BCUT2D eigenvalue weighted by Gasteiger charge is 2.20. The maximum atomic E-state index is 6.01. The Balaban J connectivity index is 3.29. The van der Waals surface area contributed by atoms with Crippen LogP contribution >= 0.6 is 11.6 Å². The number of likely N-dealkylation sites (N-methyl/N-ethyl adjacent to an activating group) is 1. The summed E-state index contributed by atoms with van der Waals surface area (Å²) in [6.07, 6.45) is 8.15. The van der Waals surface area contributed by atoms with Crippen molar-refractivity contribution in [2.75, 3.05) is 13.1 Å². The minimum absolute atomic E-state index is 0.233. The smallest absolute Gasteiger partial charge is 0.0601 e. The van der Waals surface area contributed by atoms with E-state index in [1.807, 2.05) is 25.1 Å². The topological polar surface area (TPSA) is 3.24 Å². The molecule has 0 N–H and O–H groups in total. The second-order valence-corrected chi connectivity index (χ2v) is 5.01. The number of nitrogens with zero attached hydrogens (tertiary/aromatic N) is 1. The third kappa shape index (κ3) is 4.36. The van der Waals surface area contributed by atoms with E-state index in [1.165, 1.54) is 11.1 Å². The van der Waals surface area contributed by atoms with Crippen LogP contribution < -0.4 is 0 Å². The Hall–Kier alpha value is -1.31. The molecular formula is C18H24ClN. The first kappa shape index (κ1) is 16.7. The van der Waals surface area contributed by atoms with Gasteiger partial charge in [-0.2, -0.15) is 0 Å². The zero-order chi connectivity index (χ0) is 15.0. The predicted molar refractivity (Wildman–Crippen MR) is 90.2 cm³/mol. The molecule has 0 aliphatic heterocycles. The van der Waals surface area contributed by atoms with Crippen molar-refractivity contribution in [2.24, 2.45) is 0 Å². The van der Waals surface area contributed by atoms with Crippen molar-refractivity contribution in [1.82, 2.24) is 4.90 Å². The van der Waals surface area contributed by atoms with E-state index >= 15 is 0 Å². The van der Waals surface area contributed by atoms with Crippen molar-refractivity contribution in [3.63, 3.8) is 0 Å². The summed E-state index contributed by atoms with van der Waals surface area (Å²) in [7, 11) is 0. The van der Waals surface area contributed by atoms with Gasteiger partial charge in [0, 0.05) is 5.02 Å². The molecule has 1 unspecified atom stereocenters. The average molecular weight is 290 g/mol. The number of hydrogen-bond acceptors (Lipinski definition) is 1. The third-order valence-corrected chi connectivity index (χ3v) is 3.60. The second-order valence-electron chi connectivity index (χ2n) is 4.58. The fraction of sp³-hybridized carbons (Fsp3) is 0.333. The summed E-state index contributed by atoms with van der Waals surface area (Å²) in [5.74, 6) is 0. The van der Waals surface area contributed by atoms with Crippen LogP contribution in [0.3, 0.4) is 0 Å². The molecule has 1 atom stereocenters. The van der Waals surface area contributed by atoms with Crippen LogP contribution in [0.5, 0.6) is 0 Å². The summed E-state index contributed by atoms with van der Waals surface area (Å²) < 4.78 is 0. The molecule has 0 aliphatic carbocycles. The molecule has 1 rings (SSSR count). The first-order chi connectivity index (χ1) is 9.67. The van der Waals surface area contributed by atoms with E-state index in [0.29, 0.717) is 0 Å². The van der Waals surface area contributed by atoms with E-state index in [1.54, 1.807) is 0 Å². The molecule has 0 fully saturated rings. The lowest BCUT2D eigenvalue weighted by Crippen LogP contribution is -2.29. The molecule has 0 bridgehead atoms. The van der Waals surface area contributed by atoms with Gasteiger partial charge in [-0.05, 0) is 43.3 Å². The fourth-order valence-electron chi connectivity index (χ4n) is 2.41. The predicted octanol–water partition coefficient (Wildman–Crippen LogP) is 5.41. The Labute approximate surface area is 128 Å². The zero-order valence-corrected chi connectivity index (χ0v) is 13.4. The highest BCUT2D eigenvalue weighted by atomic mass is 35.5. The van der Waals surface area contributed by atoms with Crippen molar-refractivity contribution in [2.45, 2.75) is 26.8 Å². The highest BCUT2D eigenvalue weighted by molar-refractivity contribution is 6.30. The van der Waals surface area contributed by atoms with Gasteiger partial charge in [-0.1, -0.05) is 68.5 Å². The van der Waals surface area contributed by atoms with Crippen LogP contribution in [-0.2, 0) is 0 Å². The van der Waals surface area contributed by atoms with Crippen molar-refractivity contribution in [3.8, 4) is 0 Å². The standard InChI is InChI=1S/C18H24ClN/c1-5-9-15(10-6-2)18(20(7-3)8-4)16-11-13-17(19)14-12-16/h5-6,9-14,18H,1,7-8H2,2-4H3/b10-6-,15-9+. The van der Waals surface area contributed by atoms with E-state index in [9.17, 15) is 0 Å². The maximum absolute atomic E-state index is 6.01. The first-order valence-electron chi connectivity index (χ1n) is 7.12. The first-order valence-corrected chi connectivity index (χ1v) is 7.50. The van der Waals surface area contributed by atoms with E-state index < -0.39 is 0 Å². The SMILES string of the molecule is C=C/C=C(\C=C/C)C(c1ccc(Cl)cc1)N(CC)CC. The Kier molecular flexibility index (Phi) is 7.35. The van der Waals surface area contributed by atoms with Gasteiger partial charge in [0.05, 0.1) is 6.04 Å². The van der Waals surface area contributed by atoms with Gasteiger partial charge in [-0.3, -0.25) is 4.90 Å². The number of rotatable bonds is 7. The molecule has 0 amide bonds.